The van der Waals surface area contributed by atoms with Gasteiger partial charge in [-0.3, -0.25) is 0 Å². The van der Waals surface area contributed by atoms with Crippen molar-refractivity contribution in [2.75, 3.05) is 11.9 Å². The summed E-state index contributed by atoms with van der Waals surface area (Å²) in [5.41, 5.74) is -0.293. The van der Waals surface area contributed by atoms with Gasteiger partial charge in [-0.2, -0.15) is 0 Å². The van der Waals surface area contributed by atoms with E-state index in [-0.39, 0.29) is 5.69 Å². The standard InChI is InChI=1S/C13H13FN2O3/c1-2-3-4-7-15-13(19)16-9-5-6-11(14)10(8-9)12(17)18/h1,5-6,8H,3-4,7H2,(H,17,18)(H2,15,16,19). The Morgan fingerprint density at radius 1 is 1.42 bits per heavy atom. The van der Waals surface area contributed by atoms with Gasteiger partial charge in [-0.1, -0.05) is 0 Å². The number of anilines is 1. The van der Waals surface area contributed by atoms with Gasteiger partial charge in [-0.15, -0.1) is 12.3 Å². The van der Waals surface area contributed by atoms with E-state index >= 15 is 0 Å². The summed E-state index contributed by atoms with van der Waals surface area (Å²) in [4.78, 5) is 22.1. The molecule has 0 spiro atoms. The fourth-order valence-electron chi connectivity index (χ4n) is 1.33. The average molecular weight is 264 g/mol. The molecule has 100 valence electrons. The molecule has 5 nitrogen and oxygen atoms in total. The van der Waals surface area contributed by atoms with E-state index < -0.39 is 23.4 Å². The van der Waals surface area contributed by atoms with Crippen LogP contribution in [0, 0.1) is 18.2 Å². The summed E-state index contributed by atoms with van der Waals surface area (Å²) in [6.45, 7) is 0.406. The maximum atomic E-state index is 13.1. The molecule has 0 radical (unpaired) electrons. The van der Waals surface area contributed by atoms with Crippen molar-refractivity contribution in [2.45, 2.75) is 12.8 Å². The Bertz CT molecular complexity index is 523. The van der Waals surface area contributed by atoms with E-state index in [9.17, 15) is 14.0 Å². The van der Waals surface area contributed by atoms with Crippen LogP contribution in [0.25, 0.3) is 0 Å². The molecule has 0 unspecified atom stereocenters. The molecule has 0 saturated carbocycles. The first-order valence-electron chi connectivity index (χ1n) is 5.55. The Hall–Kier alpha value is -2.55. The monoisotopic (exact) mass is 264 g/mol. The van der Waals surface area contributed by atoms with Crippen LogP contribution in [-0.2, 0) is 0 Å². The van der Waals surface area contributed by atoms with E-state index in [2.05, 4.69) is 16.6 Å². The number of nitrogens with one attached hydrogen (secondary N) is 2. The highest BCUT2D eigenvalue weighted by atomic mass is 19.1. The lowest BCUT2D eigenvalue weighted by molar-refractivity contribution is 0.0692. The summed E-state index contributed by atoms with van der Waals surface area (Å²) >= 11 is 0. The zero-order chi connectivity index (χ0) is 14.3. The number of carbonyl (C=O) groups is 2. The maximum Gasteiger partial charge on any atom is 0.338 e. The average Bonchev–Trinajstić information content (AvgIpc) is 2.36. The number of hydrogen-bond acceptors (Lipinski definition) is 2. The van der Waals surface area contributed by atoms with Gasteiger partial charge in [0.25, 0.3) is 0 Å². The quantitative estimate of drug-likeness (QED) is 0.562. The van der Waals surface area contributed by atoms with Crippen molar-refractivity contribution in [3.63, 3.8) is 0 Å². The molecule has 1 rings (SSSR count). The molecule has 0 heterocycles. The third kappa shape index (κ3) is 4.68. The van der Waals surface area contributed by atoms with Crippen molar-refractivity contribution in [3.05, 3.63) is 29.6 Å². The maximum absolute atomic E-state index is 13.1. The lowest BCUT2D eigenvalue weighted by Gasteiger charge is -2.08. The fraction of sp³-hybridized carbons (Fsp3) is 0.231. The highest BCUT2D eigenvalue weighted by Crippen LogP contribution is 2.14. The number of hydrogen-bond donors (Lipinski definition) is 3. The van der Waals surface area contributed by atoms with Crippen molar-refractivity contribution in [1.82, 2.24) is 5.32 Å². The highest BCUT2D eigenvalue weighted by Gasteiger charge is 2.11. The number of unbranched alkanes of at least 4 members (excludes halogenated alkanes) is 1. The van der Waals surface area contributed by atoms with Crippen LogP contribution >= 0.6 is 0 Å². The number of halogens is 1. The molecule has 0 saturated heterocycles. The Balaban J connectivity index is 2.58. The summed E-state index contributed by atoms with van der Waals surface area (Å²) in [7, 11) is 0. The molecule has 2 amide bonds. The van der Waals surface area contributed by atoms with E-state index in [0.29, 0.717) is 19.4 Å². The zero-order valence-electron chi connectivity index (χ0n) is 10.1. The van der Waals surface area contributed by atoms with Gasteiger partial charge in [0.15, 0.2) is 0 Å². The van der Waals surface area contributed by atoms with Crippen molar-refractivity contribution < 1.29 is 19.1 Å². The van der Waals surface area contributed by atoms with E-state index in [1.807, 2.05) is 0 Å². The van der Waals surface area contributed by atoms with Crippen molar-refractivity contribution in [1.29, 1.82) is 0 Å². The van der Waals surface area contributed by atoms with Gasteiger partial charge in [0, 0.05) is 18.7 Å². The number of terminal acetylenes is 1. The Kier molecular flexibility index (Phi) is 5.35. The van der Waals surface area contributed by atoms with Crippen LogP contribution in [0.1, 0.15) is 23.2 Å². The number of benzene rings is 1. The molecule has 0 aliphatic carbocycles. The minimum atomic E-state index is -1.39. The van der Waals surface area contributed by atoms with Crippen LogP contribution in [0.4, 0.5) is 14.9 Å². The number of amides is 2. The second-order valence-electron chi connectivity index (χ2n) is 3.69. The minimum absolute atomic E-state index is 0.202. The van der Waals surface area contributed by atoms with Gasteiger partial charge < -0.3 is 15.7 Å². The Labute approximate surface area is 109 Å². The molecule has 0 fully saturated rings. The SMILES string of the molecule is C#CCCCNC(=O)Nc1ccc(F)c(C(=O)O)c1. The smallest absolute Gasteiger partial charge is 0.338 e. The summed E-state index contributed by atoms with van der Waals surface area (Å²) in [5, 5.41) is 13.7. The van der Waals surface area contributed by atoms with E-state index in [4.69, 9.17) is 11.5 Å². The second kappa shape index (κ2) is 7.01. The summed E-state index contributed by atoms with van der Waals surface area (Å²) in [5.74, 6) is 0.191. The van der Waals surface area contributed by atoms with Crippen molar-refractivity contribution in [2.24, 2.45) is 0 Å². The van der Waals surface area contributed by atoms with Crippen LogP contribution in [0.15, 0.2) is 18.2 Å². The van der Waals surface area contributed by atoms with E-state index in [1.54, 1.807) is 0 Å². The Morgan fingerprint density at radius 2 is 2.16 bits per heavy atom. The predicted octanol–water partition coefficient (Wildman–Crippen LogP) is 2.06. The van der Waals surface area contributed by atoms with Gasteiger partial charge in [0.05, 0.1) is 5.56 Å². The zero-order valence-corrected chi connectivity index (χ0v) is 10.1. The summed E-state index contributed by atoms with van der Waals surface area (Å²) < 4.78 is 13.1. The van der Waals surface area contributed by atoms with Crippen LogP contribution in [-0.4, -0.2) is 23.7 Å². The largest absolute Gasteiger partial charge is 0.478 e. The first-order chi connectivity index (χ1) is 9.04. The molecular formula is C13H13FN2O3. The number of aromatic carboxylic acids is 1. The highest BCUT2D eigenvalue weighted by molar-refractivity contribution is 5.93. The molecule has 1 aromatic carbocycles. The van der Waals surface area contributed by atoms with E-state index in [0.717, 1.165) is 12.1 Å². The predicted molar refractivity (Wildman–Crippen MR) is 68.4 cm³/mol. The van der Waals surface area contributed by atoms with Gasteiger partial charge in [-0.25, -0.2) is 14.0 Å². The molecule has 0 aliphatic heterocycles. The van der Waals surface area contributed by atoms with Gasteiger partial charge >= 0.3 is 12.0 Å². The second-order valence-corrected chi connectivity index (χ2v) is 3.69. The first-order valence-corrected chi connectivity index (χ1v) is 5.55. The lowest BCUT2D eigenvalue weighted by Crippen LogP contribution is -2.29. The topological polar surface area (TPSA) is 78.4 Å². The molecule has 0 atom stereocenters. The fourth-order valence-corrected chi connectivity index (χ4v) is 1.33. The molecule has 0 aromatic heterocycles. The summed E-state index contributed by atoms with van der Waals surface area (Å²) in [6.07, 6.45) is 6.26. The molecular weight excluding hydrogens is 251 g/mol. The number of carboxylic acid groups (broad SMARTS) is 1. The van der Waals surface area contributed by atoms with Crippen molar-refractivity contribution >= 4 is 17.7 Å². The number of carbonyl (C=O) groups excluding carboxylic acids is 1. The third-order valence-corrected chi connectivity index (χ3v) is 2.24. The van der Waals surface area contributed by atoms with Crippen LogP contribution in [0.2, 0.25) is 0 Å². The summed E-state index contributed by atoms with van der Waals surface area (Å²) in [6, 6.07) is 2.82. The molecule has 3 N–H and O–H groups in total. The molecule has 6 heteroatoms. The molecule has 1 aromatic rings. The van der Waals surface area contributed by atoms with Crippen LogP contribution in [0.5, 0.6) is 0 Å². The number of carboxylic acids is 1. The van der Waals surface area contributed by atoms with Crippen molar-refractivity contribution in [3.8, 4) is 12.3 Å². The van der Waals surface area contributed by atoms with Gasteiger partial charge in [-0.05, 0) is 24.6 Å². The lowest BCUT2D eigenvalue weighted by atomic mass is 10.2. The third-order valence-electron chi connectivity index (χ3n) is 2.24. The van der Waals surface area contributed by atoms with Crippen LogP contribution < -0.4 is 10.6 Å². The Morgan fingerprint density at radius 3 is 2.79 bits per heavy atom. The minimum Gasteiger partial charge on any atom is -0.478 e. The number of rotatable bonds is 5. The van der Waals surface area contributed by atoms with E-state index in [1.165, 1.54) is 6.07 Å². The van der Waals surface area contributed by atoms with Crippen LogP contribution in [0.3, 0.4) is 0 Å². The number of urea groups is 1. The first kappa shape index (κ1) is 14.5. The molecule has 19 heavy (non-hydrogen) atoms. The molecule has 0 aliphatic rings. The normalized spacial score (nSPS) is 9.47. The molecule has 0 bridgehead atoms. The van der Waals surface area contributed by atoms with Gasteiger partial charge in [0.1, 0.15) is 5.82 Å². The van der Waals surface area contributed by atoms with Gasteiger partial charge in [0.2, 0.25) is 0 Å².